The van der Waals surface area contributed by atoms with Crippen molar-refractivity contribution >= 4 is 35.0 Å². The average Bonchev–Trinajstić information content (AvgIpc) is 3.18. The van der Waals surface area contributed by atoms with Gasteiger partial charge in [0.1, 0.15) is 11.3 Å². The molecule has 2 heterocycles. The Hall–Kier alpha value is -2.46. The zero-order valence-electron chi connectivity index (χ0n) is 14.9. The molecule has 2 aliphatic heterocycles. The van der Waals surface area contributed by atoms with E-state index >= 15 is 0 Å². The average molecular weight is 401 g/mol. The number of carbonyl (C=O) groups is 2. The second kappa shape index (κ2) is 8.27. The van der Waals surface area contributed by atoms with Gasteiger partial charge in [0.25, 0.3) is 0 Å². The van der Waals surface area contributed by atoms with Gasteiger partial charge >= 0.3 is 0 Å². The van der Waals surface area contributed by atoms with Gasteiger partial charge in [-0.2, -0.15) is 0 Å². The van der Waals surface area contributed by atoms with Gasteiger partial charge in [-0.25, -0.2) is 9.82 Å². The largest absolute Gasteiger partial charge is 0.325 e. The highest BCUT2D eigenvalue weighted by atomic mass is 32.2. The van der Waals surface area contributed by atoms with Gasteiger partial charge < -0.3 is 5.32 Å². The lowest BCUT2D eigenvalue weighted by molar-refractivity contribution is -0.124. The van der Waals surface area contributed by atoms with E-state index in [0.717, 1.165) is 5.69 Å². The van der Waals surface area contributed by atoms with Crippen molar-refractivity contribution in [3.05, 3.63) is 60.4 Å². The molecule has 0 aromatic heterocycles. The number of para-hydroxylation sites is 1. The summed E-state index contributed by atoms with van der Waals surface area (Å²) in [5.74, 6) is -0.660. The van der Waals surface area contributed by atoms with Crippen LogP contribution in [-0.2, 0) is 9.59 Å². The predicted octanol–water partition coefficient (Wildman–Crippen LogP) is 1.47. The summed E-state index contributed by atoms with van der Waals surface area (Å²) in [6.07, 6.45) is -0.190. The van der Waals surface area contributed by atoms with E-state index in [4.69, 9.17) is 0 Å². The number of benzene rings is 2. The summed E-state index contributed by atoms with van der Waals surface area (Å²) in [4.78, 5) is 27.0. The molecule has 0 aliphatic carbocycles. The van der Waals surface area contributed by atoms with E-state index in [2.05, 4.69) is 21.5 Å². The van der Waals surface area contributed by atoms with Gasteiger partial charge in [-0.05, 0) is 36.4 Å². The number of nitrogens with one attached hydrogen (secondary N) is 4. The second-order valence-electron chi connectivity index (χ2n) is 6.54. The van der Waals surface area contributed by atoms with E-state index in [9.17, 15) is 14.0 Å². The van der Waals surface area contributed by atoms with Crippen LogP contribution >= 0.6 is 11.8 Å². The molecule has 0 spiro atoms. The number of thioether (sulfide) groups is 1. The molecule has 9 heteroatoms. The van der Waals surface area contributed by atoms with E-state index in [-0.39, 0.29) is 35.5 Å². The van der Waals surface area contributed by atoms with Gasteiger partial charge in [0.05, 0.1) is 17.8 Å². The Labute approximate surface area is 166 Å². The van der Waals surface area contributed by atoms with E-state index in [1.165, 1.54) is 36.0 Å². The molecule has 28 heavy (non-hydrogen) atoms. The molecule has 2 aliphatic rings. The SMILES string of the molecule is O=C(CSC1NC2NNCC2C(=O)N1c1ccccc1)Nc1ccc(F)cc1. The minimum absolute atomic E-state index is 0.00360. The number of amides is 2. The maximum Gasteiger partial charge on any atom is 0.236 e. The maximum atomic E-state index is 13.0. The highest BCUT2D eigenvalue weighted by Crippen LogP contribution is 2.30. The van der Waals surface area contributed by atoms with E-state index in [1.807, 2.05) is 30.3 Å². The van der Waals surface area contributed by atoms with Crippen LogP contribution in [0.25, 0.3) is 0 Å². The van der Waals surface area contributed by atoms with Crippen molar-refractivity contribution in [2.75, 3.05) is 22.5 Å². The molecule has 2 amide bonds. The Kier molecular flexibility index (Phi) is 5.58. The van der Waals surface area contributed by atoms with Crippen molar-refractivity contribution in [3.63, 3.8) is 0 Å². The van der Waals surface area contributed by atoms with Crippen molar-refractivity contribution in [2.24, 2.45) is 5.92 Å². The first-order chi connectivity index (χ1) is 13.6. The third kappa shape index (κ3) is 4.02. The number of hydrogen-bond donors (Lipinski definition) is 4. The molecule has 0 radical (unpaired) electrons. The third-order valence-electron chi connectivity index (χ3n) is 4.63. The van der Waals surface area contributed by atoms with Crippen LogP contribution in [0.4, 0.5) is 15.8 Å². The fourth-order valence-corrected chi connectivity index (χ4v) is 4.27. The molecular formula is C19H20FN5O2S. The summed E-state index contributed by atoms with van der Waals surface area (Å²) < 4.78 is 13.0. The molecule has 0 saturated carbocycles. The fraction of sp³-hybridized carbons (Fsp3) is 0.263. The Bertz CT molecular complexity index is 851. The Balaban J connectivity index is 1.45. The molecule has 2 saturated heterocycles. The molecule has 4 N–H and O–H groups in total. The van der Waals surface area contributed by atoms with Gasteiger partial charge in [-0.15, -0.1) is 11.8 Å². The molecular weight excluding hydrogens is 381 g/mol. The van der Waals surface area contributed by atoms with Crippen LogP contribution in [0, 0.1) is 11.7 Å². The normalized spacial score (nSPS) is 24.1. The van der Waals surface area contributed by atoms with Crippen LogP contribution < -0.4 is 26.4 Å². The first-order valence-corrected chi connectivity index (χ1v) is 9.96. The molecule has 2 aromatic carbocycles. The monoisotopic (exact) mass is 401 g/mol. The van der Waals surface area contributed by atoms with Gasteiger partial charge in [0.2, 0.25) is 11.8 Å². The number of halogens is 1. The summed E-state index contributed by atoms with van der Waals surface area (Å²) in [5, 5.41) is 6.12. The summed E-state index contributed by atoms with van der Waals surface area (Å²) in [6, 6.07) is 15.0. The van der Waals surface area contributed by atoms with Gasteiger partial charge in [0.15, 0.2) is 0 Å². The van der Waals surface area contributed by atoms with Crippen molar-refractivity contribution < 1.29 is 14.0 Å². The molecule has 146 valence electrons. The minimum atomic E-state index is -0.400. The molecule has 7 nitrogen and oxygen atoms in total. The van der Waals surface area contributed by atoms with Crippen LogP contribution in [0.1, 0.15) is 0 Å². The third-order valence-corrected chi connectivity index (χ3v) is 5.72. The van der Waals surface area contributed by atoms with E-state index in [1.54, 1.807) is 4.90 Å². The van der Waals surface area contributed by atoms with Crippen LogP contribution in [0.2, 0.25) is 0 Å². The number of hydrogen-bond acceptors (Lipinski definition) is 6. The summed E-state index contributed by atoms with van der Waals surface area (Å²) in [6.45, 7) is 0.544. The summed E-state index contributed by atoms with van der Waals surface area (Å²) in [5.41, 5.74) is 6.98. The molecule has 0 bridgehead atoms. The van der Waals surface area contributed by atoms with Crippen LogP contribution in [0.15, 0.2) is 54.6 Å². The van der Waals surface area contributed by atoms with Crippen LogP contribution in [-0.4, -0.2) is 35.8 Å². The van der Waals surface area contributed by atoms with E-state index < -0.39 is 5.50 Å². The quantitative estimate of drug-likeness (QED) is 0.607. The molecule has 3 atom stereocenters. The first-order valence-electron chi connectivity index (χ1n) is 8.91. The van der Waals surface area contributed by atoms with E-state index in [0.29, 0.717) is 12.2 Å². The zero-order valence-corrected chi connectivity index (χ0v) is 15.7. The highest BCUT2D eigenvalue weighted by molar-refractivity contribution is 8.00. The summed E-state index contributed by atoms with van der Waals surface area (Å²) in [7, 11) is 0. The van der Waals surface area contributed by atoms with Crippen LogP contribution in [0.3, 0.4) is 0 Å². The lowest BCUT2D eigenvalue weighted by Crippen LogP contribution is -2.64. The maximum absolute atomic E-state index is 13.0. The number of nitrogens with zero attached hydrogens (tertiary/aromatic N) is 1. The van der Waals surface area contributed by atoms with Gasteiger partial charge in [-0.3, -0.25) is 25.2 Å². The first kappa shape index (κ1) is 18.9. The Morgan fingerprint density at radius 1 is 1.18 bits per heavy atom. The topological polar surface area (TPSA) is 85.5 Å². The van der Waals surface area contributed by atoms with Crippen molar-refractivity contribution in [2.45, 2.75) is 11.7 Å². The molecule has 3 unspecified atom stereocenters. The number of anilines is 2. The van der Waals surface area contributed by atoms with Crippen molar-refractivity contribution in [1.82, 2.24) is 16.2 Å². The van der Waals surface area contributed by atoms with Gasteiger partial charge in [-0.1, -0.05) is 18.2 Å². The smallest absolute Gasteiger partial charge is 0.236 e. The molecule has 2 aromatic rings. The second-order valence-corrected chi connectivity index (χ2v) is 7.61. The number of rotatable bonds is 5. The lowest BCUT2D eigenvalue weighted by atomic mass is 10.0. The number of hydrazine groups is 1. The number of carbonyl (C=O) groups excluding carboxylic acids is 2. The van der Waals surface area contributed by atoms with Crippen LogP contribution in [0.5, 0.6) is 0 Å². The lowest BCUT2D eigenvalue weighted by Gasteiger charge is -2.41. The molecule has 2 fully saturated rings. The number of fused-ring (bicyclic) bond motifs is 1. The Morgan fingerprint density at radius 3 is 2.68 bits per heavy atom. The molecule has 4 rings (SSSR count). The minimum Gasteiger partial charge on any atom is -0.325 e. The predicted molar refractivity (Wildman–Crippen MR) is 107 cm³/mol. The summed E-state index contributed by atoms with van der Waals surface area (Å²) >= 11 is 1.32. The Morgan fingerprint density at radius 2 is 1.93 bits per heavy atom. The van der Waals surface area contributed by atoms with Crippen molar-refractivity contribution in [1.29, 1.82) is 0 Å². The van der Waals surface area contributed by atoms with Gasteiger partial charge in [0, 0.05) is 17.9 Å². The standard InChI is InChI=1S/C19H20FN5O2S/c20-12-6-8-13(9-7-12)22-16(26)11-28-19-23-17-15(10-21-24-17)18(27)25(19)14-4-2-1-3-5-14/h1-9,15,17,19,21,23-24H,10-11H2,(H,22,26). The fourth-order valence-electron chi connectivity index (χ4n) is 3.27. The van der Waals surface area contributed by atoms with Crippen molar-refractivity contribution in [3.8, 4) is 0 Å². The highest BCUT2D eigenvalue weighted by Gasteiger charge is 2.44. The zero-order chi connectivity index (χ0) is 19.5.